The highest BCUT2D eigenvalue weighted by molar-refractivity contribution is 6.02. The molecule has 0 unspecified atom stereocenters. The predicted molar refractivity (Wildman–Crippen MR) is 48.4 cm³/mol. The van der Waals surface area contributed by atoms with Gasteiger partial charge in [0.2, 0.25) is 23.6 Å². The van der Waals surface area contributed by atoms with Crippen LogP contribution in [-0.4, -0.2) is 29.1 Å². The molecule has 0 aromatic carbocycles. The molecule has 2 aliphatic rings. The number of amides is 4. The first-order valence-corrected chi connectivity index (χ1v) is 4.23. The molecular formula is C8H12N2O5. The molecule has 2 aliphatic heterocycles. The van der Waals surface area contributed by atoms with Gasteiger partial charge in [0, 0.05) is 25.7 Å². The summed E-state index contributed by atoms with van der Waals surface area (Å²) < 4.78 is 0. The zero-order valence-corrected chi connectivity index (χ0v) is 7.96. The lowest BCUT2D eigenvalue weighted by atomic mass is 10.4. The lowest BCUT2D eigenvalue weighted by Crippen LogP contribution is -2.18. The van der Waals surface area contributed by atoms with Crippen molar-refractivity contribution in [3.05, 3.63) is 0 Å². The van der Waals surface area contributed by atoms with Crippen molar-refractivity contribution in [2.45, 2.75) is 25.7 Å². The molecule has 0 aromatic rings. The van der Waals surface area contributed by atoms with E-state index >= 15 is 0 Å². The van der Waals surface area contributed by atoms with E-state index in [1.165, 1.54) is 0 Å². The zero-order valence-electron chi connectivity index (χ0n) is 7.96. The van der Waals surface area contributed by atoms with Crippen LogP contribution in [0.4, 0.5) is 0 Å². The van der Waals surface area contributed by atoms with Crippen molar-refractivity contribution in [3.63, 3.8) is 0 Å². The Morgan fingerprint density at radius 3 is 0.867 bits per heavy atom. The van der Waals surface area contributed by atoms with Gasteiger partial charge in [0.1, 0.15) is 0 Å². The molecule has 15 heavy (non-hydrogen) atoms. The molecule has 0 spiro atoms. The van der Waals surface area contributed by atoms with Gasteiger partial charge in [-0.15, -0.1) is 0 Å². The molecule has 0 aliphatic carbocycles. The summed E-state index contributed by atoms with van der Waals surface area (Å²) in [5, 5.41) is 4.28. The predicted octanol–water partition coefficient (Wildman–Crippen LogP) is -1.98. The summed E-state index contributed by atoms with van der Waals surface area (Å²) in [6.45, 7) is 0. The summed E-state index contributed by atoms with van der Waals surface area (Å²) in [4.78, 5) is 40.5. The Morgan fingerprint density at radius 2 is 0.800 bits per heavy atom. The average Bonchev–Trinajstić information content (AvgIpc) is 2.63. The van der Waals surface area contributed by atoms with E-state index in [1.807, 2.05) is 0 Å². The van der Waals surface area contributed by atoms with Gasteiger partial charge in [0.05, 0.1) is 0 Å². The quantitative estimate of drug-likeness (QED) is 0.455. The van der Waals surface area contributed by atoms with E-state index in [-0.39, 0.29) is 29.1 Å². The standard InChI is InChI=1S/2C4H5NO2.H2O/c2*6-3-1-2-4(7)5-3;/h2*1-2H2,(H,5,6,7);1H2. The minimum absolute atomic E-state index is 0. The monoisotopic (exact) mass is 216 g/mol. The third-order valence-electron chi connectivity index (χ3n) is 1.72. The Morgan fingerprint density at radius 1 is 0.600 bits per heavy atom. The summed E-state index contributed by atoms with van der Waals surface area (Å²) in [5.41, 5.74) is 0. The second kappa shape index (κ2) is 5.86. The Bertz CT molecular complexity index is 241. The summed E-state index contributed by atoms with van der Waals surface area (Å²) in [7, 11) is 0. The molecule has 0 atom stereocenters. The van der Waals surface area contributed by atoms with E-state index in [2.05, 4.69) is 10.6 Å². The first-order chi connectivity index (χ1) is 6.58. The number of hydrogen-bond acceptors (Lipinski definition) is 4. The van der Waals surface area contributed by atoms with Crippen LogP contribution in [0.25, 0.3) is 0 Å². The summed E-state index contributed by atoms with van der Waals surface area (Å²) in [6.07, 6.45) is 1.50. The maximum atomic E-state index is 10.1. The van der Waals surface area contributed by atoms with E-state index in [0.29, 0.717) is 25.7 Å². The smallest absolute Gasteiger partial charge is 0.227 e. The zero-order chi connectivity index (χ0) is 10.6. The number of hydrogen-bond donors (Lipinski definition) is 2. The molecule has 0 saturated carbocycles. The first-order valence-electron chi connectivity index (χ1n) is 4.23. The fraction of sp³-hybridized carbons (Fsp3) is 0.500. The molecule has 84 valence electrons. The fourth-order valence-corrected chi connectivity index (χ4v) is 1.02. The molecule has 7 heteroatoms. The van der Waals surface area contributed by atoms with Crippen LogP contribution >= 0.6 is 0 Å². The van der Waals surface area contributed by atoms with Gasteiger partial charge in [-0.2, -0.15) is 0 Å². The van der Waals surface area contributed by atoms with Crippen molar-refractivity contribution in [1.82, 2.24) is 10.6 Å². The molecular weight excluding hydrogens is 204 g/mol. The molecule has 0 bridgehead atoms. The van der Waals surface area contributed by atoms with Gasteiger partial charge < -0.3 is 5.48 Å². The van der Waals surface area contributed by atoms with Gasteiger partial charge in [-0.3, -0.25) is 29.8 Å². The molecule has 2 fully saturated rings. The molecule has 4 amide bonds. The van der Waals surface area contributed by atoms with Gasteiger partial charge in [-0.05, 0) is 0 Å². The summed E-state index contributed by atoms with van der Waals surface area (Å²) in [6, 6.07) is 0. The van der Waals surface area contributed by atoms with Crippen LogP contribution in [0.2, 0.25) is 0 Å². The van der Waals surface area contributed by atoms with Crippen LogP contribution in [0.5, 0.6) is 0 Å². The van der Waals surface area contributed by atoms with Crippen LogP contribution in [0.1, 0.15) is 25.7 Å². The molecule has 2 saturated heterocycles. The maximum absolute atomic E-state index is 10.1. The SMILES string of the molecule is O.O=C1CCC(=O)N1.O=C1CCC(=O)N1. The van der Waals surface area contributed by atoms with Crippen molar-refractivity contribution < 1.29 is 24.7 Å². The summed E-state index contributed by atoms with van der Waals surface area (Å²) in [5.74, 6) is -0.593. The second-order valence-electron chi connectivity index (χ2n) is 2.94. The minimum Gasteiger partial charge on any atom is -0.412 e. The molecule has 4 N–H and O–H groups in total. The molecule has 2 heterocycles. The van der Waals surface area contributed by atoms with E-state index < -0.39 is 0 Å². The number of carbonyl (C=O) groups excluding carboxylic acids is 4. The van der Waals surface area contributed by atoms with Gasteiger partial charge in [-0.25, -0.2) is 0 Å². The highest BCUT2D eigenvalue weighted by Gasteiger charge is 2.16. The highest BCUT2D eigenvalue weighted by Crippen LogP contribution is 1.96. The Balaban J connectivity index is 0.000000245. The van der Waals surface area contributed by atoms with E-state index in [1.54, 1.807) is 0 Å². The van der Waals surface area contributed by atoms with Gasteiger partial charge in [0.25, 0.3) is 0 Å². The third kappa shape index (κ3) is 4.87. The van der Waals surface area contributed by atoms with Crippen molar-refractivity contribution in [2.24, 2.45) is 0 Å². The minimum atomic E-state index is -0.148. The largest absolute Gasteiger partial charge is 0.412 e. The van der Waals surface area contributed by atoms with Crippen molar-refractivity contribution in [1.29, 1.82) is 0 Å². The second-order valence-corrected chi connectivity index (χ2v) is 2.94. The Kier molecular flexibility index (Phi) is 5.18. The fourth-order valence-electron chi connectivity index (χ4n) is 1.02. The Labute approximate surface area is 85.5 Å². The Hall–Kier alpha value is -1.76. The lowest BCUT2D eigenvalue weighted by Gasteiger charge is -1.79. The van der Waals surface area contributed by atoms with Crippen LogP contribution in [-0.2, 0) is 19.2 Å². The van der Waals surface area contributed by atoms with Gasteiger partial charge in [-0.1, -0.05) is 0 Å². The topological polar surface area (TPSA) is 124 Å². The number of rotatable bonds is 0. The first kappa shape index (κ1) is 13.2. The number of imide groups is 2. The van der Waals surface area contributed by atoms with Crippen molar-refractivity contribution in [2.75, 3.05) is 0 Å². The van der Waals surface area contributed by atoms with Crippen LogP contribution in [0, 0.1) is 0 Å². The molecule has 2 rings (SSSR count). The van der Waals surface area contributed by atoms with Crippen molar-refractivity contribution in [3.8, 4) is 0 Å². The van der Waals surface area contributed by atoms with E-state index in [0.717, 1.165) is 0 Å². The van der Waals surface area contributed by atoms with E-state index in [9.17, 15) is 19.2 Å². The maximum Gasteiger partial charge on any atom is 0.227 e. The third-order valence-corrected chi connectivity index (χ3v) is 1.72. The van der Waals surface area contributed by atoms with Crippen molar-refractivity contribution >= 4 is 23.6 Å². The number of nitrogens with one attached hydrogen (secondary N) is 2. The van der Waals surface area contributed by atoms with Gasteiger partial charge >= 0.3 is 0 Å². The average molecular weight is 216 g/mol. The van der Waals surface area contributed by atoms with Crippen LogP contribution in [0.15, 0.2) is 0 Å². The summed E-state index contributed by atoms with van der Waals surface area (Å²) >= 11 is 0. The lowest BCUT2D eigenvalue weighted by molar-refractivity contribution is -0.126. The van der Waals surface area contributed by atoms with Crippen LogP contribution in [0.3, 0.4) is 0 Å². The van der Waals surface area contributed by atoms with Crippen LogP contribution < -0.4 is 10.6 Å². The van der Waals surface area contributed by atoms with E-state index in [4.69, 9.17) is 0 Å². The highest BCUT2D eigenvalue weighted by atomic mass is 16.2. The molecule has 0 radical (unpaired) electrons. The molecule has 0 aromatic heterocycles. The van der Waals surface area contributed by atoms with Gasteiger partial charge in [0.15, 0.2) is 0 Å². The number of carbonyl (C=O) groups is 4. The normalized spacial score (nSPS) is 18.7. The molecule has 7 nitrogen and oxygen atoms in total.